The van der Waals surface area contributed by atoms with Gasteiger partial charge in [-0.1, -0.05) is 0 Å². The van der Waals surface area contributed by atoms with Crippen LogP contribution < -0.4 is 11.1 Å². The summed E-state index contributed by atoms with van der Waals surface area (Å²) in [5.41, 5.74) is 3.97. The minimum absolute atomic E-state index is 0.0531. The van der Waals surface area contributed by atoms with Gasteiger partial charge in [-0.25, -0.2) is 0 Å². The van der Waals surface area contributed by atoms with E-state index >= 15 is 0 Å². The summed E-state index contributed by atoms with van der Waals surface area (Å²) in [6, 6.07) is -0.607. The summed E-state index contributed by atoms with van der Waals surface area (Å²) in [6.45, 7) is 0.502. The molecule has 5 N–H and O–H groups in total. The second-order valence-electron chi connectivity index (χ2n) is 3.43. The van der Waals surface area contributed by atoms with Gasteiger partial charge in [0.05, 0.1) is 6.04 Å². The van der Waals surface area contributed by atoms with E-state index in [1.54, 1.807) is 0 Å². The maximum atomic E-state index is 11.3. The summed E-state index contributed by atoms with van der Waals surface area (Å²) < 4.78 is 0. The number of hydrogen-bond acceptors (Lipinski definition) is 4. The van der Waals surface area contributed by atoms with Gasteiger partial charge in [-0.15, -0.1) is 0 Å². The van der Waals surface area contributed by atoms with Crippen molar-refractivity contribution in [3.05, 3.63) is 0 Å². The second-order valence-corrected chi connectivity index (χ2v) is 3.43. The fourth-order valence-corrected chi connectivity index (χ4v) is 1.88. The number of nitrogens with one attached hydrogen (secondary N) is 2. The van der Waals surface area contributed by atoms with E-state index in [9.17, 15) is 9.90 Å². The Morgan fingerprint density at radius 1 is 1.77 bits per heavy atom. The van der Waals surface area contributed by atoms with Crippen LogP contribution >= 0.6 is 0 Å². The highest BCUT2D eigenvalue weighted by atomic mass is 16.3. The molecule has 2 saturated heterocycles. The Kier molecular flexibility index (Phi) is 1.58. The van der Waals surface area contributed by atoms with Crippen LogP contribution in [0.5, 0.6) is 0 Å². The fourth-order valence-electron chi connectivity index (χ4n) is 1.88. The Labute approximate surface area is 75.2 Å². The molecule has 0 aromatic heterocycles. The first-order chi connectivity index (χ1) is 6.06. The zero-order valence-corrected chi connectivity index (χ0v) is 7.08. The quantitative estimate of drug-likeness (QED) is 0.355. The SMILES string of the molecule is N=C1NC(=O)[C@]2(O)[C@@H](N)CCCN12. The Hall–Kier alpha value is -1.14. The van der Waals surface area contributed by atoms with Crippen LogP contribution in [-0.2, 0) is 4.79 Å². The van der Waals surface area contributed by atoms with Crippen LogP contribution in [0.2, 0.25) is 0 Å². The van der Waals surface area contributed by atoms with Crippen LogP contribution in [0.3, 0.4) is 0 Å². The van der Waals surface area contributed by atoms with E-state index in [1.165, 1.54) is 4.90 Å². The van der Waals surface area contributed by atoms with Crippen molar-refractivity contribution in [1.82, 2.24) is 10.2 Å². The number of amides is 1. The third-order valence-electron chi connectivity index (χ3n) is 2.66. The molecule has 0 aliphatic carbocycles. The van der Waals surface area contributed by atoms with Crippen molar-refractivity contribution < 1.29 is 9.90 Å². The maximum absolute atomic E-state index is 11.3. The normalized spacial score (nSPS) is 38.9. The lowest BCUT2D eigenvalue weighted by Crippen LogP contribution is -2.64. The maximum Gasteiger partial charge on any atom is 0.281 e. The highest BCUT2D eigenvalue weighted by Crippen LogP contribution is 2.28. The molecule has 6 heteroatoms. The Morgan fingerprint density at radius 3 is 3.08 bits per heavy atom. The number of nitrogens with zero attached hydrogens (tertiary/aromatic N) is 1. The van der Waals surface area contributed by atoms with Gasteiger partial charge in [0, 0.05) is 6.54 Å². The topological polar surface area (TPSA) is 102 Å². The number of aliphatic hydroxyl groups is 1. The van der Waals surface area contributed by atoms with E-state index < -0.39 is 17.7 Å². The van der Waals surface area contributed by atoms with Gasteiger partial charge in [0.15, 0.2) is 0 Å². The molecule has 0 saturated carbocycles. The molecule has 2 aliphatic rings. The summed E-state index contributed by atoms with van der Waals surface area (Å²) >= 11 is 0. The molecule has 2 aliphatic heterocycles. The lowest BCUT2D eigenvalue weighted by atomic mass is 9.94. The van der Waals surface area contributed by atoms with Crippen molar-refractivity contribution in [2.45, 2.75) is 24.6 Å². The van der Waals surface area contributed by atoms with Crippen LogP contribution in [0.4, 0.5) is 0 Å². The molecule has 72 valence electrons. The minimum atomic E-state index is -1.69. The number of fused-ring (bicyclic) bond motifs is 1. The molecular formula is C7H12N4O2. The lowest BCUT2D eigenvalue weighted by molar-refractivity contribution is -0.155. The number of piperidine rings is 1. The summed E-state index contributed by atoms with van der Waals surface area (Å²) in [4.78, 5) is 12.7. The van der Waals surface area contributed by atoms with Gasteiger partial charge in [-0.05, 0) is 12.8 Å². The average Bonchev–Trinajstić information content (AvgIpc) is 2.29. The molecule has 2 atom stereocenters. The van der Waals surface area contributed by atoms with E-state index in [4.69, 9.17) is 11.1 Å². The van der Waals surface area contributed by atoms with Crippen LogP contribution in [0.1, 0.15) is 12.8 Å². The first-order valence-corrected chi connectivity index (χ1v) is 4.22. The second kappa shape index (κ2) is 2.43. The Morgan fingerprint density at radius 2 is 2.46 bits per heavy atom. The van der Waals surface area contributed by atoms with Gasteiger partial charge in [0.25, 0.3) is 5.91 Å². The number of nitrogens with two attached hydrogens (primary N) is 1. The van der Waals surface area contributed by atoms with E-state index in [-0.39, 0.29) is 5.96 Å². The van der Waals surface area contributed by atoms with Gasteiger partial charge in [-0.2, -0.15) is 0 Å². The van der Waals surface area contributed by atoms with Gasteiger partial charge in [0.1, 0.15) is 0 Å². The Bertz CT molecular complexity index is 280. The number of carbonyl (C=O) groups excluding carboxylic acids is 1. The minimum Gasteiger partial charge on any atom is -0.362 e. The molecule has 0 bridgehead atoms. The first-order valence-electron chi connectivity index (χ1n) is 4.22. The smallest absolute Gasteiger partial charge is 0.281 e. The molecule has 2 heterocycles. The number of hydrogen-bond donors (Lipinski definition) is 4. The van der Waals surface area contributed by atoms with Crippen molar-refractivity contribution in [1.29, 1.82) is 5.41 Å². The van der Waals surface area contributed by atoms with E-state index in [0.29, 0.717) is 13.0 Å². The molecule has 2 rings (SSSR count). The molecule has 0 radical (unpaired) electrons. The molecule has 0 unspecified atom stereocenters. The largest absolute Gasteiger partial charge is 0.362 e. The average molecular weight is 184 g/mol. The summed E-state index contributed by atoms with van der Waals surface area (Å²) in [7, 11) is 0. The monoisotopic (exact) mass is 184 g/mol. The molecule has 2 fully saturated rings. The standard InChI is InChI=1S/C7H12N4O2/c8-4-2-1-3-11-6(9)10-5(12)7(4,11)13/h4,13H,1-3,8H2,(H2,9,10,12)/t4-,7+/m0/s1. The highest BCUT2D eigenvalue weighted by Gasteiger charge is 2.55. The zero-order valence-electron chi connectivity index (χ0n) is 7.08. The molecule has 6 nitrogen and oxygen atoms in total. The van der Waals surface area contributed by atoms with Crippen LogP contribution in [0.15, 0.2) is 0 Å². The molecule has 0 aromatic carbocycles. The van der Waals surface area contributed by atoms with Gasteiger partial charge < -0.3 is 15.7 Å². The van der Waals surface area contributed by atoms with Crippen molar-refractivity contribution >= 4 is 11.9 Å². The van der Waals surface area contributed by atoms with Gasteiger partial charge in [0.2, 0.25) is 11.7 Å². The number of carbonyl (C=O) groups is 1. The van der Waals surface area contributed by atoms with E-state index in [1.807, 2.05) is 0 Å². The summed E-state index contributed by atoms with van der Waals surface area (Å²) in [5, 5.41) is 19.6. The first kappa shape index (κ1) is 8.46. The zero-order chi connectivity index (χ0) is 9.64. The van der Waals surface area contributed by atoms with Crippen molar-refractivity contribution in [3.63, 3.8) is 0 Å². The lowest BCUT2D eigenvalue weighted by Gasteiger charge is -2.39. The Balaban J connectivity index is 2.39. The fraction of sp³-hybridized carbons (Fsp3) is 0.714. The van der Waals surface area contributed by atoms with Gasteiger partial charge in [-0.3, -0.25) is 15.5 Å². The van der Waals surface area contributed by atoms with Crippen molar-refractivity contribution in [2.24, 2.45) is 5.73 Å². The third kappa shape index (κ3) is 0.895. The predicted molar refractivity (Wildman–Crippen MR) is 44.7 cm³/mol. The molecular weight excluding hydrogens is 172 g/mol. The van der Waals surface area contributed by atoms with E-state index in [2.05, 4.69) is 5.32 Å². The molecule has 1 amide bonds. The van der Waals surface area contributed by atoms with Crippen LogP contribution in [-0.4, -0.2) is 40.2 Å². The van der Waals surface area contributed by atoms with Crippen molar-refractivity contribution in [3.8, 4) is 0 Å². The predicted octanol–water partition coefficient (Wildman–Crippen LogP) is -1.84. The molecule has 0 aromatic rings. The number of guanidine groups is 1. The highest BCUT2D eigenvalue weighted by molar-refractivity contribution is 6.07. The van der Waals surface area contributed by atoms with Crippen LogP contribution in [0.25, 0.3) is 0 Å². The van der Waals surface area contributed by atoms with Crippen LogP contribution in [0, 0.1) is 5.41 Å². The summed E-state index contributed by atoms with van der Waals surface area (Å²) in [5.74, 6) is -0.632. The van der Waals surface area contributed by atoms with Crippen molar-refractivity contribution in [2.75, 3.05) is 6.54 Å². The van der Waals surface area contributed by atoms with E-state index in [0.717, 1.165) is 6.42 Å². The molecule has 13 heavy (non-hydrogen) atoms. The molecule has 0 spiro atoms. The third-order valence-corrected chi connectivity index (χ3v) is 2.66. The van der Waals surface area contributed by atoms with Gasteiger partial charge >= 0.3 is 0 Å². The number of rotatable bonds is 0. The summed E-state index contributed by atoms with van der Waals surface area (Å²) in [6.07, 6.45) is 1.40.